The second-order valence-corrected chi connectivity index (χ2v) is 11.1. The zero-order chi connectivity index (χ0) is 26.8. The third-order valence-corrected chi connectivity index (χ3v) is 8.29. The molecular weight excluding hydrogens is 492 g/mol. The fraction of sp³-hybridized carbons (Fsp3) is 0.448. The molecule has 0 bridgehead atoms. The van der Waals surface area contributed by atoms with Gasteiger partial charge in [0.05, 0.1) is 13.2 Å². The Morgan fingerprint density at radius 1 is 0.974 bits per heavy atom. The van der Waals surface area contributed by atoms with Crippen LogP contribution in [0.1, 0.15) is 36.2 Å². The fourth-order valence-corrected chi connectivity index (χ4v) is 5.71. The predicted molar refractivity (Wildman–Crippen MR) is 152 cm³/mol. The summed E-state index contributed by atoms with van der Waals surface area (Å²) in [4.78, 5) is 31.0. The molecule has 4 heterocycles. The van der Waals surface area contributed by atoms with Gasteiger partial charge in [0.15, 0.2) is 17.3 Å². The average Bonchev–Trinajstić information content (AvgIpc) is 2.94. The summed E-state index contributed by atoms with van der Waals surface area (Å²) >= 11 is 0. The molecule has 39 heavy (non-hydrogen) atoms. The number of primary amides is 1. The molecule has 1 spiro atoms. The van der Waals surface area contributed by atoms with Crippen LogP contribution >= 0.6 is 0 Å². The number of aromatic nitrogens is 3. The number of ether oxygens (including phenoxy) is 1. The number of pyridine rings is 1. The van der Waals surface area contributed by atoms with Gasteiger partial charge in [0.25, 0.3) is 5.91 Å². The van der Waals surface area contributed by atoms with Crippen LogP contribution in [0.15, 0.2) is 48.8 Å². The summed E-state index contributed by atoms with van der Waals surface area (Å²) in [5.74, 6) is 0.342. The van der Waals surface area contributed by atoms with Crippen molar-refractivity contribution in [3.8, 4) is 11.3 Å². The Labute approximate surface area is 229 Å². The summed E-state index contributed by atoms with van der Waals surface area (Å²) in [5.41, 5.74) is 9.67. The van der Waals surface area contributed by atoms with Crippen LogP contribution in [0, 0.1) is 5.41 Å². The minimum Gasteiger partial charge on any atom is -0.380 e. The Kier molecular flexibility index (Phi) is 7.05. The Morgan fingerprint density at radius 3 is 2.28 bits per heavy atom. The minimum atomic E-state index is -0.634. The topological polar surface area (TPSA) is 122 Å². The highest BCUT2D eigenvalue weighted by atomic mass is 16.5. The summed E-state index contributed by atoms with van der Waals surface area (Å²) in [7, 11) is 2.15. The predicted octanol–water partition coefficient (Wildman–Crippen LogP) is 3.50. The normalized spacial score (nSPS) is 19.5. The molecule has 3 aromatic rings. The average molecular weight is 529 g/mol. The molecule has 1 aromatic carbocycles. The molecule has 1 aliphatic carbocycles. The first kappa shape index (κ1) is 25.5. The molecule has 3 aliphatic rings. The smallest absolute Gasteiger partial charge is 0.271 e. The number of amides is 1. The molecule has 4 N–H and O–H groups in total. The van der Waals surface area contributed by atoms with Crippen molar-refractivity contribution in [1.82, 2.24) is 19.9 Å². The number of anilines is 4. The van der Waals surface area contributed by atoms with E-state index in [-0.39, 0.29) is 11.7 Å². The van der Waals surface area contributed by atoms with E-state index in [2.05, 4.69) is 44.6 Å². The number of nitrogens with two attached hydrogens (primary N) is 1. The SMILES string of the molecule is CN1CCN(c2ccc(Nc3nc(NC4CCC5(CC4)COC5)c(-c4ccncc4)nc3C(N)=O)cc2)CC1. The molecule has 0 unspecified atom stereocenters. The molecule has 0 atom stereocenters. The largest absolute Gasteiger partial charge is 0.380 e. The highest BCUT2D eigenvalue weighted by Crippen LogP contribution is 2.43. The Balaban J connectivity index is 1.27. The number of benzene rings is 1. The maximum Gasteiger partial charge on any atom is 0.271 e. The number of likely N-dealkylation sites (N-methyl/N-ethyl adjacent to an activating group) is 1. The fourth-order valence-electron chi connectivity index (χ4n) is 5.71. The Morgan fingerprint density at radius 2 is 1.67 bits per heavy atom. The number of nitrogens with zero attached hydrogens (tertiary/aromatic N) is 5. The van der Waals surface area contributed by atoms with Crippen molar-refractivity contribution in [2.45, 2.75) is 31.7 Å². The van der Waals surface area contributed by atoms with E-state index in [1.807, 2.05) is 24.3 Å². The Hall–Kier alpha value is -3.76. The maximum absolute atomic E-state index is 12.5. The van der Waals surface area contributed by atoms with E-state index in [9.17, 15) is 4.79 Å². The molecule has 204 valence electrons. The van der Waals surface area contributed by atoms with Crippen LogP contribution in [0.2, 0.25) is 0 Å². The second kappa shape index (κ2) is 10.8. The summed E-state index contributed by atoms with van der Waals surface area (Å²) in [6.07, 6.45) is 7.75. The van der Waals surface area contributed by atoms with Crippen molar-refractivity contribution in [2.75, 3.05) is 62.0 Å². The quantitative estimate of drug-likeness (QED) is 0.423. The van der Waals surface area contributed by atoms with E-state index >= 15 is 0 Å². The van der Waals surface area contributed by atoms with Gasteiger partial charge < -0.3 is 30.9 Å². The third kappa shape index (κ3) is 5.53. The maximum atomic E-state index is 12.5. The molecule has 6 rings (SSSR count). The van der Waals surface area contributed by atoms with Crippen molar-refractivity contribution in [3.63, 3.8) is 0 Å². The molecule has 1 saturated carbocycles. The number of rotatable bonds is 7. The Bertz CT molecular complexity index is 1290. The van der Waals surface area contributed by atoms with Crippen molar-refractivity contribution in [3.05, 3.63) is 54.5 Å². The highest BCUT2D eigenvalue weighted by molar-refractivity contribution is 5.97. The molecule has 0 radical (unpaired) electrons. The van der Waals surface area contributed by atoms with Crippen LogP contribution < -0.4 is 21.3 Å². The van der Waals surface area contributed by atoms with Gasteiger partial charge >= 0.3 is 0 Å². The summed E-state index contributed by atoms with van der Waals surface area (Å²) in [5, 5.41) is 6.95. The highest BCUT2D eigenvalue weighted by Gasteiger charge is 2.41. The van der Waals surface area contributed by atoms with Crippen LogP contribution in [0.25, 0.3) is 11.3 Å². The van der Waals surface area contributed by atoms with E-state index in [1.165, 1.54) is 5.69 Å². The zero-order valence-electron chi connectivity index (χ0n) is 22.4. The number of carbonyl (C=O) groups excluding carboxylic acids is 1. The van der Waals surface area contributed by atoms with Gasteiger partial charge in [0.2, 0.25) is 0 Å². The molecule has 2 aromatic heterocycles. The summed E-state index contributed by atoms with van der Waals surface area (Å²) in [6, 6.07) is 12.2. The number of piperazine rings is 1. The van der Waals surface area contributed by atoms with Crippen LogP contribution in [0.4, 0.5) is 23.0 Å². The lowest BCUT2D eigenvalue weighted by molar-refractivity contribution is -0.131. The first-order valence-electron chi connectivity index (χ1n) is 13.8. The molecule has 1 amide bonds. The van der Waals surface area contributed by atoms with Gasteiger partial charge in [-0.15, -0.1) is 0 Å². The van der Waals surface area contributed by atoms with Gasteiger partial charge in [-0.2, -0.15) is 0 Å². The van der Waals surface area contributed by atoms with E-state index in [0.717, 1.165) is 76.3 Å². The molecule has 2 aliphatic heterocycles. The molecule has 2 saturated heterocycles. The van der Waals surface area contributed by atoms with Gasteiger partial charge in [-0.25, -0.2) is 9.97 Å². The van der Waals surface area contributed by atoms with Gasteiger partial charge in [0.1, 0.15) is 5.69 Å². The lowest BCUT2D eigenvalue weighted by atomic mass is 9.71. The van der Waals surface area contributed by atoms with Crippen LogP contribution in [-0.4, -0.2) is 78.2 Å². The number of hydrogen-bond acceptors (Lipinski definition) is 9. The van der Waals surface area contributed by atoms with E-state index in [1.54, 1.807) is 12.4 Å². The lowest BCUT2D eigenvalue weighted by Gasteiger charge is -2.46. The number of nitrogens with one attached hydrogen (secondary N) is 2. The molecular formula is C29H36N8O2. The first-order valence-corrected chi connectivity index (χ1v) is 13.8. The minimum absolute atomic E-state index is 0.102. The van der Waals surface area contributed by atoms with Gasteiger partial charge in [0, 0.05) is 67.0 Å². The van der Waals surface area contributed by atoms with Gasteiger partial charge in [-0.1, -0.05) is 0 Å². The number of hydrogen-bond donors (Lipinski definition) is 3. The standard InChI is InChI=1S/C29H36N8O2/c1-36-14-16-37(17-15-36)23-4-2-21(3-5-23)32-28-25(26(30)38)34-24(20-8-12-31-13-9-20)27(35-28)33-22-6-10-29(11-7-22)18-39-19-29/h2-5,8-9,12-13,22H,6-7,10-11,14-19H2,1H3,(H2,30,38)(H2,32,33,35). The summed E-state index contributed by atoms with van der Waals surface area (Å²) in [6.45, 7) is 5.84. The third-order valence-electron chi connectivity index (χ3n) is 8.29. The van der Waals surface area contributed by atoms with E-state index in [0.29, 0.717) is 22.7 Å². The summed E-state index contributed by atoms with van der Waals surface area (Å²) < 4.78 is 5.49. The lowest BCUT2D eigenvalue weighted by Crippen LogP contribution is -2.47. The van der Waals surface area contributed by atoms with Crippen molar-refractivity contribution >= 4 is 28.9 Å². The van der Waals surface area contributed by atoms with Crippen LogP contribution in [-0.2, 0) is 4.74 Å². The first-order chi connectivity index (χ1) is 19.0. The van der Waals surface area contributed by atoms with Crippen LogP contribution in [0.3, 0.4) is 0 Å². The number of carbonyl (C=O) groups is 1. The van der Waals surface area contributed by atoms with Crippen molar-refractivity contribution in [1.29, 1.82) is 0 Å². The van der Waals surface area contributed by atoms with Gasteiger partial charge in [-0.3, -0.25) is 9.78 Å². The second-order valence-electron chi connectivity index (χ2n) is 11.1. The monoisotopic (exact) mass is 528 g/mol. The molecule has 3 fully saturated rings. The van der Waals surface area contributed by atoms with Crippen LogP contribution in [0.5, 0.6) is 0 Å². The van der Waals surface area contributed by atoms with E-state index in [4.69, 9.17) is 20.4 Å². The van der Waals surface area contributed by atoms with Crippen molar-refractivity contribution < 1.29 is 9.53 Å². The molecule has 10 nitrogen and oxygen atoms in total. The van der Waals surface area contributed by atoms with Crippen molar-refractivity contribution in [2.24, 2.45) is 11.1 Å². The van der Waals surface area contributed by atoms with E-state index < -0.39 is 5.91 Å². The zero-order valence-corrected chi connectivity index (χ0v) is 22.4. The molecule has 10 heteroatoms. The van der Waals surface area contributed by atoms with Gasteiger partial charge in [-0.05, 0) is 69.1 Å².